The highest BCUT2D eigenvalue weighted by molar-refractivity contribution is 6.98. The van der Waals surface area contributed by atoms with Crippen LogP contribution in [0.1, 0.15) is 0 Å². The zero-order chi connectivity index (χ0) is 9.03. The second-order valence-electron chi connectivity index (χ2n) is 3.19. The molecule has 0 N–H and O–H groups in total. The second kappa shape index (κ2) is 4.31. The molecule has 0 aliphatic heterocycles. The maximum absolute atomic E-state index is 5.92. The van der Waals surface area contributed by atoms with E-state index in [-0.39, 0.29) is 0 Å². The third-order valence-corrected chi connectivity index (χ3v) is 8.51. The van der Waals surface area contributed by atoms with E-state index in [1.54, 1.807) is 0 Å². The smallest absolute Gasteiger partial charge is 0.114 e. The number of rotatable bonds is 3. The van der Waals surface area contributed by atoms with Gasteiger partial charge in [0.25, 0.3) is 0 Å². The lowest BCUT2D eigenvalue weighted by atomic mass is 10.4. The molecule has 0 saturated carbocycles. The molecule has 1 aromatic rings. The van der Waals surface area contributed by atoms with Crippen molar-refractivity contribution in [2.45, 2.75) is 6.55 Å². The van der Waals surface area contributed by atoms with Gasteiger partial charge >= 0.3 is 0 Å². The van der Waals surface area contributed by atoms with Crippen molar-refractivity contribution in [1.29, 1.82) is 0 Å². The van der Waals surface area contributed by atoms with E-state index in [1.165, 1.54) is 5.19 Å². The quantitative estimate of drug-likeness (QED) is 0.541. The van der Waals surface area contributed by atoms with E-state index in [1.807, 2.05) is 18.2 Å². The van der Waals surface area contributed by atoms with E-state index in [2.05, 4.69) is 18.7 Å². The molecule has 0 radical (unpaired) electrons. The average molecular weight is 219 g/mol. The summed E-state index contributed by atoms with van der Waals surface area (Å²) in [5.41, 5.74) is 1.39. The number of benzene rings is 1. The zero-order valence-corrected chi connectivity index (χ0v) is 9.57. The Kier molecular flexibility index (Phi) is 3.63. The highest BCUT2D eigenvalue weighted by Crippen LogP contribution is 2.07. The molecule has 0 spiro atoms. The van der Waals surface area contributed by atoms with Gasteiger partial charge in [-0.25, -0.2) is 0 Å². The van der Waals surface area contributed by atoms with Crippen molar-refractivity contribution in [1.82, 2.24) is 0 Å². The Morgan fingerprint density at radius 3 is 2.00 bits per heavy atom. The van der Waals surface area contributed by atoms with Gasteiger partial charge in [0.15, 0.2) is 0 Å². The highest BCUT2D eigenvalue weighted by Gasteiger charge is 2.26. The molecule has 0 nitrogen and oxygen atoms in total. The Morgan fingerprint density at radius 2 is 1.58 bits per heavy atom. The number of hydrogen-bond donors (Lipinski definition) is 0. The molecule has 0 aromatic heterocycles. The first-order chi connectivity index (χ1) is 5.73. The molecule has 0 fully saturated rings. The van der Waals surface area contributed by atoms with E-state index in [4.69, 9.17) is 23.2 Å². The van der Waals surface area contributed by atoms with Gasteiger partial charge in [-0.2, -0.15) is 0 Å². The topological polar surface area (TPSA) is 0 Å². The summed E-state index contributed by atoms with van der Waals surface area (Å²) >= 11 is 11.8. The van der Waals surface area contributed by atoms with Crippen molar-refractivity contribution in [2.75, 3.05) is 11.0 Å². The minimum atomic E-state index is -1.54. The van der Waals surface area contributed by atoms with Gasteiger partial charge in [0.1, 0.15) is 8.07 Å². The monoisotopic (exact) mass is 218 g/mol. The first-order valence-corrected chi connectivity index (χ1v) is 7.89. The summed E-state index contributed by atoms with van der Waals surface area (Å²) in [4.78, 5) is 0. The van der Waals surface area contributed by atoms with Gasteiger partial charge < -0.3 is 0 Å². The van der Waals surface area contributed by atoms with Crippen LogP contribution >= 0.6 is 23.2 Å². The molecule has 0 bridgehead atoms. The van der Waals surface area contributed by atoms with Crippen LogP contribution in [0.2, 0.25) is 6.55 Å². The van der Waals surface area contributed by atoms with E-state index in [0.717, 1.165) is 0 Å². The summed E-state index contributed by atoms with van der Waals surface area (Å²) in [6.45, 7) is 2.21. The predicted molar refractivity (Wildman–Crippen MR) is 59.1 cm³/mol. The van der Waals surface area contributed by atoms with Crippen molar-refractivity contribution < 1.29 is 0 Å². The molecule has 3 heteroatoms. The molecule has 0 aliphatic rings. The molecular formula is C9H12Cl2Si. The fourth-order valence-corrected chi connectivity index (χ4v) is 4.19. The van der Waals surface area contributed by atoms with Gasteiger partial charge in [-0.3, -0.25) is 0 Å². The maximum atomic E-state index is 5.92. The van der Waals surface area contributed by atoms with Crippen molar-refractivity contribution in [3.05, 3.63) is 30.3 Å². The van der Waals surface area contributed by atoms with Crippen LogP contribution in [0.5, 0.6) is 0 Å². The largest absolute Gasteiger partial charge is 0.130 e. The van der Waals surface area contributed by atoms with Crippen molar-refractivity contribution in [3.63, 3.8) is 0 Å². The average Bonchev–Trinajstić information content (AvgIpc) is 2.18. The van der Waals surface area contributed by atoms with Gasteiger partial charge in [-0.15, -0.1) is 23.2 Å². The van der Waals surface area contributed by atoms with Gasteiger partial charge in [-0.05, 0) is 0 Å². The molecule has 0 saturated heterocycles. The number of halogens is 2. The van der Waals surface area contributed by atoms with E-state index >= 15 is 0 Å². The molecule has 0 heterocycles. The summed E-state index contributed by atoms with van der Waals surface area (Å²) in [5, 5.41) is 1.34. The molecule has 1 rings (SSSR count). The zero-order valence-electron chi connectivity index (χ0n) is 7.06. The fraction of sp³-hybridized carbons (Fsp3) is 0.333. The molecule has 0 unspecified atom stereocenters. The minimum absolute atomic E-state index is 0.695. The van der Waals surface area contributed by atoms with Gasteiger partial charge in [0.2, 0.25) is 0 Å². The van der Waals surface area contributed by atoms with Crippen LogP contribution < -0.4 is 5.19 Å². The maximum Gasteiger partial charge on any atom is 0.114 e. The first-order valence-electron chi connectivity index (χ1n) is 3.90. The SMILES string of the molecule is C[Si](CCl)(CCl)c1ccccc1. The van der Waals surface area contributed by atoms with E-state index in [0.29, 0.717) is 11.0 Å². The number of hydrogen-bond acceptors (Lipinski definition) is 0. The van der Waals surface area contributed by atoms with Crippen LogP contribution in [0, 0.1) is 0 Å². The minimum Gasteiger partial charge on any atom is -0.130 e. The lowest BCUT2D eigenvalue weighted by molar-refractivity contribution is 1.63. The highest BCUT2D eigenvalue weighted by atomic mass is 35.5. The van der Waals surface area contributed by atoms with Crippen LogP contribution in [0.4, 0.5) is 0 Å². The van der Waals surface area contributed by atoms with Crippen molar-refractivity contribution in [2.24, 2.45) is 0 Å². The Hall–Kier alpha value is 0.0169. The van der Waals surface area contributed by atoms with Crippen LogP contribution in [-0.2, 0) is 0 Å². The van der Waals surface area contributed by atoms with Crippen molar-refractivity contribution >= 4 is 36.5 Å². The van der Waals surface area contributed by atoms with Crippen LogP contribution in [0.15, 0.2) is 30.3 Å². The third kappa shape index (κ3) is 2.03. The second-order valence-corrected chi connectivity index (χ2v) is 9.03. The predicted octanol–water partition coefficient (Wildman–Crippen LogP) is 2.53. The van der Waals surface area contributed by atoms with Gasteiger partial charge in [0.05, 0.1) is 0 Å². The lowest BCUT2D eigenvalue weighted by Crippen LogP contribution is -2.49. The fourth-order valence-electron chi connectivity index (χ4n) is 1.03. The Labute approximate surface area is 84.5 Å². The lowest BCUT2D eigenvalue weighted by Gasteiger charge is -2.21. The standard InChI is InChI=1S/C9H12Cl2Si/c1-12(7-10,8-11)9-5-3-2-4-6-9/h2-6H,7-8H2,1H3. The van der Waals surface area contributed by atoms with Crippen LogP contribution in [0.3, 0.4) is 0 Å². The molecule has 0 amide bonds. The Bertz CT molecular complexity index is 232. The molecule has 0 atom stereocenters. The Balaban J connectivity index is 2.95. The summed E-state index contributed by atoms with van der Waals surface area (Å²) in [6, 6.07) is 10.3. The molecule has 66 valence electrons. The Morgan fingerprint density at radius 1 is 1.08 bits per heavy atom. The molecule has 1 aromatic carbocycles. The van der Waals surface area contributed by atoms with Crippen LogP contribution in [0.25, 0.3) is 0 Å². The van der Waals surface area contributed by atoms with Gasteiger partial charge in [-0.1, -0.05) is 42.1 Å². The summed E-state index contributed by atoms with van der Waals surface area (Å²) in [6.07, 6.45) is 0. The molecular weight excluding hydrogens is 207 g/mol. The summed E-state index contributed by atoms with van der Waals surface area (Å²) in [7, 11) is -1.54. The molecule has 0 aliphatic carbocycles. The normalized spacial score (nSPS) is 11.6. The molecule has 12 heavy (non-hydrogen) atoms. The third-order valence-electron chi connectivity index (χ3n) is 2.06. The van der Waals surface area contributed by atoms with Gasteiger partial charge in [0, 0.05) is 11.0 Å². The van der Waals surface area contributed by atoms with Crippen LogP contribution in [-0.4, -0.2) is 19.1 Å². The summed E-state index contributed by atoms with van der Waals surface area (Å²) < 4.78 is 0. The van der Waals surface area contributed by atoms with E-state index < -0.39 is 8.07 Å². The van der Waals surface area contributed by atoms with Crippen molar-refractivity contribution in [3.8, 4) is 0 Å². The number of alkyl halides is 2. The summed E-state index contributed by atoms with van der Waals surface area (Å²) in [5.74, 6) is 0. The van der Waals surface area contributed by atoms with E-state index in [9.17, 15) is 0 Å². The first kappa shape index (κ1) is 10.1.